The number of carboxylic acids is 1. The number of hydrogen-bond acceptors (Lipinski definition) is 5. The van der Waals surface area contributed by atoms with Gasteiger partial charge in [0, 0.05) is 19.0 Å². The minimum Gasteiger partial charge on any atom is -0.481 e. The van der Waals surface area contributed by atoms with Gasteiger partial charge in [0.15, 0.2) is 0 Å². The van der Waals surface area contributed by atoms with Crippen LogP contribution in [0.15, 0.2) is 42.7 Å². The van der Waals surface area contributed by atoms with Gasteiger partial charge in [0.05, 0.1) is 10.8 Å². The molecule has 1 saturated heterocycles. The SMILES string of the molecule is CC(C)(C(=O)N1C[C@H](C(=O)O)[C@H](c2ccccc2)C1)n1cc([N+](=O)[O-])cn1. The summed E-state index contributed by atoms with van der Waals surface area (Å²) < 4.78 is 1.25. The van der Waals surface area contributed by atoms with Crippen LogP contribution in [0.2, 0.25) is 0 Å². The van der Waals surface area contributed by atoms with E-state index < -0.39 is 22.3 Å². The van der Waals surface area contributed by atoms with Crippen molar-refractivity contribution in [1.29, 1.82) is 0 Å². The molecule has 2 heterocycles. The summed E-state index contributed by atoms with van der Waals surface area (Å²) in [5.41, 5.74) is -0.515. The van der Waals surface area contributed by atoms with E-state index in [1.54, 1.807) is 13.8 Å². The van der Waals surface area contributed by atoms with Crippen molar-refractivity contribution in [2.24, 2.45) is 5.92 Å². The number of amides is 1. The Hall–Kier alpha value is -3.23. The number of aliphatic carboxylic acids is 1. The van der Waals surface area contributed by atoms with Gasteiger partial charge in [-0.15, -0.1) is 0 Å². The highest BCUT2D eigenvalue weighted by molar-refractivity contribution is 5.85. The molecule has 1 amide bonds. The first kappa shape index (κ1) is 18.6. The van der Waals surface area contributed by atoms with Gasteiger partial charge in [-0.05, 0) is 19.4 Å². The van der Waals surface area contributed by atoms with Crippen LogP contribution < -0.4 is 0 Å². The maximum Gasteiger partial charge on any atom is 0.308 e. The van der Waals surface area contributed by atoms with Gasteiger partial charge in [0.1, 0.15) is 17.9 Å². The van der Waals surface area contributed by atoms with E-state index in [0.29, 0.717) is 0 Å². The molecule has 9 nitrogen and oxygen atoms in total. The van der Waals surface area contributed by atoms with Crippen LogP contribution >= 0.6 is 0 Å². The van der Waals surface area contributed by atoms with Gasteiger partial charge >= 0.3 is 11.7 Å². The average Bonchev–Trinajstić information content (AvgIpc) is 3.29. The Labute approximate surface area is 155 Å². The number of carboxylic acid groups (broad SMARTS) is 1. The van der Waals surface area contributed by atoms with Crippen LogP contribution in [0.5, 0.6) is 0 Å². The maximum atomic E-state index is 13.1. The Balaban J connectivity index is 1.85. The van der Waals surface area contributed by atoms with Crippen LogP contribution in [0.3, 0.4) is 0 Å². The summed E-state index contributed by atoms with van der Waals surface area (Å²) in [6, 6.07) is 9.25. The summed E-state index contributed by atoms with van der Waals surface area (Å²) in [4.78, 5) is 36.6. The van der Waals surface area contributed by atoms with Crippen LogP contribution in [-0.4, -0.2) is 49.7 Å². The molecular formula is C18H20N4O5. The lowest BCUT2D eigenvalue weighted by Crippen LogP contribution is -2.46. The van der Waals surface area contributed by atoms with Crippen molar-refractivity contribution in [1.82, 2.24) is 14.7 Å². The zero-order valence-electron chi connectivity index (χ0n) is 15.0. The summed E-state index contributed by atoms with van der Waals surface area (Å²) >= 11 is 0. The summed E-state index contributed by atoms with van der Waals surface area (Å²) in [6.07, 6.45) is 2.29. The number of carbonyl (C=O) groups excluding carboxylic acids is 1. The number of hydrogen-bond donors (Lipinski definition) is 1. The second kappa shape index (κ2) is 6.82. The first-order valence-corrected chi connectivity index (χ1v) is 8.48. The van der Waals surface area contributed by atoms with Crippen molar-refractivity contribution < 1.29 is 19.6 Å². The number of rotatable bonds is 5. The molecule has 1 N–H and O–H groups in total. The smallest absolute Gasteiger partial charge is 0.308 e. The van der Waals surface area contributed by atoms with Crippen LogP contribution in [0, 0.1) is 16.0 Å². The lowest BCUT2D eigenvalue weighted by molar-refractivity contribution is -0.385. The van der Waals surface area contributed by atoms with E-state index in [1.807, 2.05) is 30.3 Å². The topological polar surface area (TPSA) is 119 Å². The Kier molecular flexibility index (Phi) is 4.69. The first-order chi connectivity index (χ1) is 12.7. The first-order valence-electron chi connectivity index (χ1n) is 8.48. The van der Waals surface area contributed by atoms with E-state index in [0.717, 1.165) is 11.8 Å². The minimum absolute atomic E-state index is 0.0838. The number of aromatic nitrogens is 2. The predicted molar refractivity (Wildman–Crippen MR) is 95.1 cm³/mol. The molecule has 3 rings (SSSR count). The highest BCUT2D eigenvalue weighted by Gasteiger charge is 2.45. The molecule has 1 fully saturated rings. The molecule has 0 saturated carbocycles. The van der Waals surface area contributed by atoms with Crippen molar-refractivity contribution in [2.75, 3.05) is 13.1 Å². The number of benzene rings is 1. The molecule has 0 unspecified atom stereocenters. The van der Waals surface area contributed by atoms with Crippen LogP contribution in [0.25, 0.3) is 0 Å². The van der Waals surface area contributed by atoms with Gasteiger partial charge in [-0.3, -0.25) is 24.4 Å². The van der Waals surface area contributed by atoms with Gasteiger partial charge in [-0.2, -0.15) is 5.10 Å². The Morgan fingerprint density at radius 3 is 2.48 bits per heavy atom. The van der Waals surface area contributed by atoms with E-state index in [-0.39, 0.29) is 30.6 Å². The van der Waals surface area contributed by atoms with Crippen molar-refractivity contribution in [3.63, 3.8) is 0 Å². The Morgan fingerprint density at radius 1 is 1.26 bits per heavy atom. The van der Waals surface area contributed by atoms with Crippen LogP contribution in [-0.2, 0) is 15.1 Å². The molecular weight excluding hydrogens is 352 g/mol. The van der Waals surface area contributed by atoms with E-state index in [9.17, 15) is 24.8 Å². The summed E-state index contributed by atoms with van der Waals surface area (Å²) in [5.74, 6) is -2.30. The third kappa shape index (κ3) is 3.40. The fourth-order valence-corrected chi connectivity index (χ4v) is 3.46. The molecule has 0 bridgehead atoms. The van der Waals surface area contributed by atoms with Crippen molar-refractivity contribution >= 4 is 17.6 Å². The fraction of sp³-hybridized carbons (Fsp3) is 0.389. The molecule has 9 heteroatoms. The van der Waals surface area contributed by atoms with E-state index in [1.165, 1.54) is 15.8 Å². The fourth-order valence-electron chi connectivity index (χ4n) is 3.46. The van der Waals surface area contributed by atoms with Crippen molar-refractivity contribution in [3.05, 3.63) is 58.4 Å². The number of likely N-dealkylation sites (tertiary alicyclic amines) is 1. The van der Waals surface area contributed by atoms with Gasteiger partial charge in [-0.25, -0.2) is 0 Å². The zero-order valence-corrected chi connectivity index (χ0v) is 15.0. The van der Waals surface area contributed by atoms with Crippen LogP contribution in [0.1, 0.15) is 25.3 Å². The second-order valence-electron chi connectivity index (χ2n) is 7.13. The van der Waals surface area contributed by atoms with Crippen LogP contribution in [0.4, 0.5) is 5.69 Å². The Bertz CT molecular complexity index is 877. The van der Waals surface area contributed by atoms with Gasteiger partial charge in [0.2, 0.25) is 5.91 Å². The average molecular weight is 372 g/mol. The third-order valence-corrected chi connectivity index (χ3v) is 5.03. The van der Waals surface area contributed by atoms with Crippen molar-refractivity contribution in [2.45, 2.75) is 25.3 Å². The molecule has 142 valence electrons. The van der Waals surface area contributed by atoms with Gasteiger partial charge in [-0.1, -0.05) is 30.3 Å². The molecule has 1 aliphatic rings. The molecule has 1 aromatic heterocycles. The number of nitrogens with zero attached hydrogens (tertiary/aromatic N) is 4. The summed E-state index contributed by atoms with van der Waals surface area (Å²) in [5, 5.41) is 24.4. The largest absolute Gasteiger partial charge is 0.481 e. The minimum atomic E-state index is -1.18. The number of nitro groups is 1. The summed E-state index contributed by atoms with van der Waals surface area (Å²) in [6.45, 7) is 3.57. The normalized spacial score (nSPS) is 19.9. The molecule has 0 radical (unpaired) electrons. The molecule has 0 aliphatic carbocycles. The molecule has 0 spiro atoms. The second-order valence-corrected chi connectivity index (χ2v) is 7.13. The maximum absolute atomic E-state index is 13.1. The predicted octanol–water partition coefficient (Wildman–Crippen LogP) is 1.85. The summed E-state index contributed by atoms with van der Waals surface area (Å²) in [7, 11) is 0. The van der Waals surface area contributed by atoms with E-state index in [4.69, 9.17) is 0 Å². The lowest BCUT2D eigenvalue weighted by atomic mass is 9.89. The zero-order chi connectivity index (χ0) is 19.8. The molecule has 2 aromatic rings. The molecule has 1 aromatic carbocycles. The molecule has 27 heavy (non-hydrogen) atoms. The third-order valence-electron chi connectivity index (χ3n) is 5.03. The lowest BCUT2D eigenvalue weighted by Gasteiger charge is -2.29. The molecule has 2 atom stereocenters. The Morgan fingerprint density at radius 2 is 1.93 bits per heavy atom. The highest BCUT2D eigenvalue weighted by Crippen LogP contribution is 2.35. The van der Waals surface area contributed by atoms with Gasteiger partial charge in [0.25, 0.3) is 0 Å². The van der Waals surface area contributed by atoms with E-state index >= 15 is 0 Å². The number of carbonyl (C=O) groups is 2. The monoisotopic (exact) mass is 372 g/mol. The quantitative estimate of drug-likeness (QED) is 0.632. The standard InChI is InChI=1S/C18H20N4O5/c1-18(2,21-9-13(8-19-21)22(26)27)17(25)20-10-14(15(11-20)16(23)24)12-6-4-3-5-7-12/h3-9,14-15H,10-11H2,1-2H3,(H,23,24)/t14-,15-/m0/s1. The van der Waals surface area contributed by atoms with Crippen molar-refractivity contribution in [3.8, 4) is 0 Å². The highest BCUT2D eigenvalue weighted by atomic mass is 16.6. The van der Waals surface area contributed by atoms with Gasteiger partial charge < -0.3 is 10.0 Å². The van der Waals surface area contributed by atoms with E-state index in [2.05, 4.69) is 5.10 Å². The molecule has 1 aliphatic heterocycles.